The summed E-state index contributed by atoms with van der Waals surface area (Å²) in [5.41, 5.74) is 3.00. The van der Waals surface area contributed by atoms with Crippen molar-refractivity contribution in [3.8, 4) is 0 Å². The quantitative estimate of drug-likeness (QED) is 0.482. The number of hydrogen-bond donors (Lipinski definition) is 1. The number of rotatable bonds is 9. The summed E-state index contributed by atoms with van der Waals surface area (Å²) >= 11 is 1.29. The maximum atomic E-state index is 12.4. The molecule has 0 atom stereocenters. The fraction of sp³-hybridized carbons (Fsp3) is 0.333. The number of nitrogens with zero attached hydrogens (tertiary/aromatic N) is 1. The molecule has 0 radical (unpaired) electrons. The lowest BCUT2D eigenvalue weighted by atomic mass is 10.1. The monoisotopic (exact) mass is 452 g/mol. The third kappa shape index (κ3) is 5.31. The summed E-state index contributed by atoms with van der Waals surface area (Å²) in [6, 6.07) is 11.6. The average Bonchev–Trinajstić information content (AvgIpc) is 3.56. The van der Waals surface area contributed by atoms with Crippen LogP contribution in [-0.2, 0) is 25.5 Å². The van der Waals surface area contributed by atoms with Crippen LogP contribution >= 0.6 is 11.3 Å². The van der Waals surface area contributed by atoms with Crippen molar-refractivity contribution < 1.29 is 23.9 Å². The Balaban J connectivity index is 1.29. The molecule has 0 aliphatic heterocycles. The van der Waals surface area contributed by atoms with Crippen LogP contribution in [0.3, 0.4) is 0 Å². The molecule has 1 fully saturated rings. The highest BCUT2D eigenvalue weighted by molar-refractivity contribution is 7.15. The molecule has 1 aliphatic rings. The first-order valence-electron chi connectivity index (χ1n) is 10.6. The second-order valence-corrected chi connectivity index (χ2v) is 8.47. The van der Waals surface area contributed by atoms with Crippen LogP contribution in [0.2, 0.25) is 0 Å². The highest BCUT2D eigenvalue weighted by Gasteiger charge is 2.32. The van der Waals surface area contributed by atoms with Crippen LogP contribution in [0.1, 0.15) is 53.7 Å². The van der Waals surface area contributed by atoms with Crippen LogP contribution in [0.5, 0.6) is 0 Å². The molecule has 7 nitrogen and oxygen atoms in total. The van der Waals surface area contributed by atoms with Gasteiger partial charge in [-0.3, -0.25) is 14.6 Å². The standard InChI is InChI=1S/C24H24N2O5S/c1-2-30-24(29)22-18(15-7-8-15)14-32-23(22)26-20(27)13-31-21(28)12-11-17-10-9-16-5-3-4-6-19(16)25-17/h3-6,9-10,14-15H,2,7-8,11-13H2,1H3,(H,26,27). The van der Waals surface area contributed by atoms with Gasteiger partial charge in [-0.15, -0.1) is 11.3 Å². The third-order valence-corrected chi connectivity index (χ3v) is 6.09. The first-order chi connectivity index (χ1) is 15.5. The van der Waals surface area contributed by atoms with E-state index in [-0.39, 0.29) is 13.0 Å². The largest absolute Gasteiger partial charge is 0.462 e. The van der Waals surface area contributed by atoms with Crippen molar-refractivity contribution in [2.75, 3.05) is 18.5 Å². The molecule has 32 heavy (non-hydrogen) atoms. The minimum absolute atomic E-state index is 0.123. The number of hydrogen-bond acceptors (Lipinski definition) is 7. The second kappa shape index (κ2) is 9.91. The van der Waals surface area contributed by atoms with Crippen molar-refractivity contribution in [2.24, 2.45) is 0 Å². The maximum absolute atomic E-state index is 12.4. The molecule has 2 aromatic heterocycles. The van der Waals surface area contributed by atoms with Gasteiger partial charge in [0, 0.05) is 17.5 Å². The average molecular weight is 453 g/mol. The van der Waals surface area contributed by atoms with E-state index in [4.69, 9.17) is 9.47 Å². The molecule has 1 saturated carbocycles. The van der Waals surface area contributed by atoms with Gasteiger partial charge in [0.15, 0.2) is 6.61 Å². The number of esters is 2. The highest BCUT2D eigenvalue weighted by atomic mass is 32.1. The molecule has 1 amide bonds. The topological polar surface area (TPSA) is 94.6 Å². The van der Waals surface area contributed by atoms with E-state index in [1.807, 2.05) is 41.8 Å². The predicted octanol–water partition coefficient (Wildman–Crippen LogP) is 4.46. The van der Waals surface area contributed by atoms with Crippen LogP contribution in [0.4, 0.5) is 5.00 Å². The summed E-state index contributed by atoms with van der Waals surface area (Å²) in [7, 11) is 0. The van der Waals surface area contributed by atoms with E-state index in [9.17, 15) is 14.4 Å². The zero-order chi connectivity index (χ0) is 22.5. The molecule has 166 valence electrons. The number of benzene rings is 1. The number of nitrogens with one attached hydrogen (secondary N) is 1. The van der Waals surface area contributed by atoms with E-state index in [2.05, 4.69) is 10.3 Å². The molecule has 0 spiro atoms. The van der Waals surface area contributed by atoms with Crippen molar-refractivity contribution in [3.63, 3.8) is 0 Å². The summed E-state index contributed by atoms with van der Waals surface area (Å²) in [5, 5.41) is 6.06. The Kier molecular flexibility index (Phi) is 6.80. The number of ether oxygens (including phenoxy) is 2. The second-order valence-electron chi connectivity index (χ2n) is 7.59. The number of carbonyl (C=O) groups excluding carboxylic acids is 3. The molecule has 2 heterocycles. The number of fused-ring (bicyclic) bond motifs is 1. The normalized spacial score (nSPS) is 13.0. The number of amides is 1. The zero-order valence-electron chi connectivity index (χ0n) is 17.8. The first kappa shape index (κ1) is 22.0. The lowest BCUT2D eigenvalue weighted by Gasteiger charge is -2.09. The Labute approximate surface area is 189 Å². The lowest BCUT2D eigenvalue weighted by Crippen LogP contribution is -2.22. The summed E-state index contributed by atoms with van der Waals surface area (Å²) < 4.78 is 10.3. The van der Waals surface area contributed by atoms with E-state index in [1.165, 1.54) is 11.3 Å². The van der Waals surface area contributed by atoms with Gasteiger partial charge in [0.1, 0.15) is 5.00 Å². The fourth-order valence-corrected chi connectivity index (χ4v) is 4.48. The van der Waals surface area contributed by atoms with Crippen LogP contribution in [0, 0.1) is 0 Å². The van der Waals surface area contributed by atoms with Gasteiger partial charge in [-0.05, 0) is 48.8 Å². The summed E-state index contributed by atoms with van der Waals surface area (Å²) in [6.45, 7) is 1.59. The van der Waals surface area contributed by atoms with Crippen LogP contribution in [0.25, 0.3) is 10.9 Å². The molecule has 1 aliphatic carbocycles. The van der Waals surface area contributed by atoms with Crippen molar-refractivity contribution in [2.45, 2.75) is 38.5 Å². The van der Waals surface area contributed by atoms with E-state index >= 15 is 0 Å². The highest BCUT2D eigenvalue weighted by Crippen LogP contribution is 2.46. The summed E-state index contributed by atoms with van der Waals surface area (Å²) in [5.74, 6) is -1.06. The number of aryl methyl sites for hydroxylation is 1. The molecule has 3 aromatic rings. The van der Waals surface area contributed by atoms with Crippen molar-refractivity contribution >= 4 is 45.1 Å². The van der Waals surface area contributed by atoms with E-state index in [1.54, 1.807) is 6.92 Å². The Morgan fingerprint density at radius 2 is 1.94 bits per heavy atom. The Hall–Kier alpha value is -3.26. The summed E-state index contributed by atoms with van der Waals surface area (Å²) in [4.78, 5) is 41.3. The van der Waals surface area contributed by atoms with Crippen LogP contribution in [-0.4, -0.2) is 36.0 Å². The van der Waals surface area contributed by atoms with Gasteiger partial charge in [-0.25, -0.2) is 4.79 Å². The van der Waals surface area contributed by atoms with E-state index in [0.717, 1.165) is 35.0 Å². The molecule has 0 bridgehead atoms. The van der Waals surface area contributed by atoms with Crippen molar-refractivity contribution in [1.29, 1.82) is 0 Å². The Morgan fingerprint density at radius 1 is 1.12 bits per heavy atom. The molecule has 4 rings (SSSR count). The number of anilines is 1. The minimum atomic E-state index is -0.489. The maximum Gasteiger partial charge on any atom is 0.341 e. The van der Waals surface area contributed by atoms with Crippen molar-refractivity contribution in [1.82, 2.24) is 4.98 Å². The van der Waals surface area contributed by atoms with Crippen LogP contribution < -0.4 is 5.32 Å². The minimum Gasteiger partial charge on any atom is -0.462 e. The number of carbonyl (C=O) groups is 3. The number of pyridine rings is 1. The zero-order valence-corrected chi connectivity index (χ0v) is 18.6. The van der Waals surface area contributed by atoms with E-state index in [0.29, 0.717) is 22.9 Å². The van der Waals surface area contributed by atoms with Gasteiger partial charge >= 0.3 is 11.9 Å². The number of aromatic nitrogens is 1. The predicted molar refractivity (Wildman–Crippen MR) is 122 cm³/mol. The molecular formula is C24H24N2O5S. The molecular weight excluding hydrogens is 428 g/mol. The Morgan fingerprint density at radius 3 is 2.72 bits per heavy atom. The van der Waals surface area contributed by atoms with E-state index < -0.39 is 24.5 Å². The van der Waals surface area contributed by atoms with Gasteiger partial charge in [-0.2, -0.15) is 0 Å². The van der Waals surface area contributed by atoms with Gasteiger partial charge in [0.25, 0.3) is 5.91 Å². The first-order valence-corrected chi connectivity index (χ1v) is 11.5. The number of thiophene rings is 1. The van der Waals surface area contributed by atoms with Crippen LogP contribution in [0.15, 0.2) is 41.8 Å². The van der Waals surface area contributed by atoms with Gasteiger partial charge in [0.05, 0.1) is 24.1 Å². The lowest BCUT2D eigenvalue weighted by molar-refractivity contribution is -0.147. The molecule has 0 saturated heterocycles. The molecule has 1 aromatic carbocycles. The fourth-order valence-electron chi connectivity index (χ4n) is 3.43. The van der Waals surface area contributed by atoms with Gasteiger partial charge in [0.2, 0.25) is 0 Å². The van der Waals surface area contributed by atoms with Gasteiger partial charge in [-0.1, -0.05) is 24.3 Å². The smallest absolute Gasteiger partial charge is 0.341 e. The Bertz CT molecular complexity index is 1150. The number of para-hydroxylation sites is 1. The molecule has 8 heteroatoms. The molecule has 0 unspecified atom stereocenters. The molecule has 1 N–H and O–H groups in total. The summed E-state index contributed by atoms with van der Waals surface area (Å²) in [6.07, 6.45) is 2.60. The SMILES string of the molecule is CCOC(=O)c1c(C2CC2)csc1NC(=O)COC(=O)CCc1ccc2ccccc2n1. The van der Waals surface area contributed by atoms with Gasteiger partial charge < -0.3 is 14.8 Å². The van der Waals surface area contributed by atoms with Crippen molar-refractivity contribution in [3.05, 3.63) is 58.6 Å². The third-order valence-electron chi connectivity index (χ3n) is 5.17.